The summed E-state index contributed by atoms with van der Waals surface area (Å²) in [7, 11) is -2.47. The number of carbonyl (C=O) groups excluding carboxylic acids is 2. The van der Waals surface area contributed by atoms with Crippen LogP contribution in [0.2, 0.25) is 0 Å². The molecule has 0 saturated carbocycles. The second-order valence-electron chi connectivity index (χ2n) is 9.78. The molecule has 1 aromatic heterocycles. The van der Waals surface area contributed by atoms with Gasteiger partial charge in [0.25, 0.3) is 10.0 Å². The number of aryl methyl sites for hydroxylation is 1. The average molecular weight is 559 g/mol. The van der Waals surface area contributed by atoms with E-state index in [-0.39, 0.29) is 40.6 Å². The maximum Gasteiger partial charge on any atom is 0.263 e. The van der Waals surface area contributed by atoms with Crippen molar-refractivity contribution in [1.82, 2.24) is 15.4 Å². The summed E-state index contributed by atoms with van der Waals surface area (Å²) in [5.41, 5.74) is 1.44. The number of aromatic nitrogens is 1. The first-order chi connectivity index (χ1) is 18.4. The molecular formula is C28H35FN4O5S. The smallest absolute Gasteiger partial charge is 0.263 e. The molecule has 2 N–H and O–H groups in total. The molecule has 3 aromatic rings. The molecule has 11 heteroatoms. The summed E-state index contributed by atoms with van der Waals surface area (Å²) < 4.78 is 49.0. The second-order valence-corrected chi connectivity index (χ2v) is 11.4. The molecule has 0 unspecified atom stereocenters. The van der Waals surface area contributed by atoms with Crippen molar-refractivity contribution < 1.29 is 26.9 Å². The third-order valence-electron chi connectivity index (χ3n) is 6.56. The van der Waals surface area contributed by atoms with E-state index in [0.717, 1.165) is 0 Å². The summed E-state index contributed by atoms with van der Waals surface area (Å²) in [6, 6.07) is 9.90. The van der Waals surface area contributed by atoms with Crippen LogP contribution in [0.25, 0.3) is 11.1 Å². The molecule has 39 heavy (non-hydrogen) atoms. The number of hydrogen-bond donors (Lipinski definition) is 2. The summed E-state index contributed by atoms with van der Waals surface area (Å²) in [5, 5.41) is 6.49. The van der Waals surface area contributed by atoms with Crippen molar-refractivity contribution in [3.8, 4) is 11.1 Å². The number of amides is 2. The molecule has 2 amide bonds. The van der Waals surface area contributed by atoms with Gasteiger partial charge in [0.2, 0.25) is 11.8 Å². The number of nitrogens with one attached hydrogen (secondary N) is 2. The fourth-order valence-electron chi connectivity index (χ4n) is 4.25. The predicted octanol–water partition coefficient (Wildman–Crippen LogP) is 4.80. The molecule has 9 nitrogen and oxygen atoms in total. The zero-order valence-corrected chi connectivity index (χ0v) is 23.9. The van der Waals surface area contributed by atoms with Crippen LogP contribution in [0.3, 0.4) is 0 Å². The number of hydrogen-bond acceptors (Lipinski definition) is 6. The Labute approximate surface area is 228 Å². The predicted molar refractivity (Wildman–Crippen MR) is 147 cm³/mol. The van der Waals surface area contributed by atoms with E-state index in [2.05, 4.69) is 15.2 Å². The lowest BCUT2D eigenvalue weighted by molar-refractivity contribution is -0.140. The van der Waals surface area contributed by atoms with E-state index in [4.69, 9.17) is 4.52 Å². The first-order valence-electron chi connectivity index (χ1n) is 12.7. The van der Waals surface area contributed by atoms with Crippen LogP contribution in [0.15, 0.2) is 51.9 Å². The van der Waals surface area contributed by atoms with Crippen molar-refractivity contribution in [2.24, 2.45) is 5.92 Å². The number of halogens is 1. The highest BCUT2D eigenvalue weighted by molar-refractivity contribution is 7.92. The third kappa shape index (κ3) is 6.83. The quantitative estimate of drug-likeness (QED) is 0.349. The number of benzene rings is 2. The minimum Gasteiger partial charge on any atom is -0.359 e. The van der Waals surface area contributed by atoms with Crippen LogP contribution in [0.4, 0.5) is 10.2 Å². The maximum absolute atomic E-state index is 15.2. The van der Waals surface area contributed by atoms with Gasteiger partial charge in [-0.1, -0.05) is 56.3 Å². The van der Waals surface area contributed by atoms with Crippen LogP contribution in [-0.4, -0.2) is 43.4 Å². The first-order valence-corrected chi connectivity index (χ1v) is 14.2. The monoisotopic (exact) mass is 558 g/mol. The van der Waals surface area contributed by atoms with Gasteiger partial charge < -0.3 is 14.7 Å². The summed E-state index contributed by atoms with van der Waals surface area (Å²) >= 11 is 0. The minimum atomic E-state index is -4.07. The number of carbonyl (C=O) groups is 2. The van der Waals surface area contributed by atoms with E-state index in [0.29, 0.717) is 35.3 Å². The maximum atomic E-state index is 15.2. The van der Waals surface area contributed by atoms with Gasteiger partial charge in [0.15, 0.2) is 5.82 Å². The van der Waals surface area contributed by atoms with Crippen LogP contribution in [0, 0.1) is 25.6 Å². The van der Waals surface area contributed by atoms with E-state index >= 15 is 4.39 Å². The van der Waals surface area contributed by atoms with E-state index in [1.807, 2.05) is 20.8 Å². The van der Waals surface area contributed by atoms with Gasteiger partial charge in [-0.2, -0.15) is 0 Å². The Morgan fingerprint density at radius 2 is 1.82 bits per heavy atom. The zero-order chi connectivity index (χ0) is 28.9. The lowest BCUT2D eigenvalue weighted by atomic mass is 10.0. The minimum absolute atomic E-state index is 0.0509. The van der Waals surface area contributed by atoms with Gasteiger partial charge in [-0.05, 0) is 43.9 Å². The van der Waals surface area contributed by atoms with Crippen molar-refractivity contribution in [1.29, 1.82) is 0 Å². The summed E-state index contributed by atoms with van der Waals surface area (Å²) in [5.74, 6) is -0.668. The van der Waals surface area contributed by atoms with Gasteiger partial charge in [0, 0.05) is 36.7 Å². The molecule has 0 bridgehead atoms. The van der Waals surface area contributed by atoms with E-state index in [1.165, 1.54) is 23.1 Å². The summed E-state index contributed by atoms with van der Waals surface area (Å²) in [6.07, 6.45) is 1.01. The van der Waals surface area contributed by atoms with Crippen molar-refractivity contribution in [2.45, 2.75) is 64.9 Å². The first kappa shape index (κ1) is 29.8. The molecule has 0 aliphatic heterocycles. The van der Waals surface area contributed by atoms with Gasteiger partial charge in [-0.15, -0.1) is 0 Å². The molecule has 0 aliphatic carbocycles. The Hall–Kier alpha value is -3.73. The van der Waals surface area contributed by atoms with Crippen molar-refractivity contribution in [3.05, 3.63) is 65.2 Å². The Morgan fingerprint density at radius 3 is 2.41 bits per heavy atom. The Bertz CT molecular complexity index is 1450. The van der Waals surface area contributed by atoms with Gasteiger partial charge in [-0.3, -0.25) is 14.3 Å². The van der Waals surface area contributed by atoms with Crippen LogP contribution < -0.4 is 10.0 Å². The van der Waals surface area contributed by atoms with Gasteiger partial charge in [0.05, 0.1) is 4.90 Å². The molecule has 3 rings (SSSR count). The molecule has 0 aliphatic rings. The molecule has 0 fully saturated rings. The standard InChI is InChI=1S/C28H35FN4O5S/c1-7-10-25(34)33(6)26(17(2)3)28(35)30-16-21-14-13-20(15-23(21)29)22-11-8-9-12-24(22)39(36,37)32-27-18(4)19(5)38-31-27/h8-9,11-15,17,26H,7,10,16H2,1-6H3,(H,30,35)(H,31,32)/t26-/m0/s1. The van der Waals surface area contributed by atoms with Crippen molar-refractivity contribution >= 4 is 27.7 Å². The number of anilines is 1. The molecule has 210 valence electrons. The summed E-state index contributed by atoms with van der Waals surface area (Å²) in [4.78, 5) is 26.7. The SMILES string of the molecule is CCCC(=O)N(C)[C@H](C(=O)NCc1ccc(-c2ccccc2S(=O)(=O)Nc2noc(C)c2C)cc1F)C(C)C. The number of rotatable bonds is 11. The van der Waals surface area contributed by atoms with Crippen LogP contribution in [0.1, 0.15) is 50.5 Å². The number of sulfonamides is 1. The highest BCUT2D eigenvalue weighted by Crippen LogP contribution is 2.30. The van der Waals surface area contributed by atoms with Crippen LogP contribution in [0.5, 0.6) is 0 Å². The average Bonchev–Trinajstić information content (AvgIpc) is 3.19. The van der Waals surface area contributed by atoms with Crippen molar-refractivity contribution in [2.75, 3.05) is 11.8 Å². The molecule has 0 radical (unpaired) electrons. The summed E-state index contributed by atoms with van der Waals surface area (Å²) in [6.45, 7) is 8.87. The Kier molecular flexibility index (Phi) is 9.49. The molecule has 1 heterocycles. The third-order valence-corrected chi connectivity index (χ3v) is 7.95. The van der Waals surface area contributed by atoms with Crippen LogP contribution >= 0.6 is 0 Å². The molecule has 2 aromatic carbocycles. The highest BCUT2D eigenvalue weighted by Gasteiger charge is 2.29. The van der Waals surface area contributed by atoms with Gasteiger partial charge >= 0.3 is 0 Å². The lowest BCUT2D eigenvalue weighted by Crippen LogP contribution is -2.50. The number of likely N-dealkylation sites (N-methyl/N-ethyl adjacent to an activating group) is 1. The van der Waals surface area contributed by atoms with Crippen molar-refractivity contribution in [3.63, 3.8) is 0 Å². The fourth-order valence-corrected chi connectivity index (χ4v) is 5.54. The zero-order valence-electron chi connectivity index (χ0n) is 23.0. The van der Waals surface area contributed by atoms with E-state index < -0.39 is 21.9 Å². The Morgan fingerprint density at radius 1 is 1.13 bits per heavy atom. The Balaban J connectivity index is 1.81. The highest BCUT2D eigenvalue weighted by atomic mass is 32.2. The van der Waals surface area contributed by atoms with Gasteiger partial charge in [0.1, 0.15) is 17.6 Å². The van der Waals surface area contributed by atoms with Gasteiger partial charge in [-0.25, -0.2) is 12.8 Å². The molecule has 0 spiro atoms. The largest absolute Gasteiger partial charge is 0.359 e. The van der Waals surface area contributed by atoms with E-state index in [9.17, 15) is 18.0 Å². The normalized spacial score (nSPS) is 12.3. The number of nitrogens with zero attached hydrogens (tertiary/aromatic N) is 2. The lowest BCUT2D eigenvalue weighted by Gasteiger charge is -2.30. The molecule has 0 saturated heterocycles. The topological polar surface area (TPSA) is 122 Å². The second kappa shape index (κ2) is 12.4. The van der Waals surface area contributed by atoms with Crippen LogP contribution in [-0.2, 0) is 26.2 Å². The fraction of sp³-hybridized carbons (Fsp3) is 0.393. The molecule has 1 atom stereocenters. The van der Waals surface area contributed by atoms with E-state index in [1.54, 1.807) is 45.2 Å². The molecular weight excluding hydrogens is 523 g/mol.